The van der Waals surface area contributed by atoms with E-state index in [0.717, 1.165) is 85.1 Å². The zero-order valence-electron chi connectivity index (χ0n) is 20.0. The second-order valence-electron chi connectivity index (χ2n) is 10.4. The molecule has 6 nitrogen and oxygen atoms in total. The molecule has 4 heterocycles. The Hall–Kier alpha value is -2.83. The molecule has 178 valence electrons. The summed E-state index contributed by atoms with van der Waals surface area (Å²) in [6.45, 7) is 5.35. The highest BCUT2D eigenvalue weighted by Gasteiger charge is 2.63. The number of hydrogen-bond donors (Lipinski definition) is 2. The summed E-state index contributed by atoms with van der Waals surface area (Å²) in [6.07, 6.45) is 5.47. The zero-order valence-corrected chi connectivity index (χ0v) is 20.0. The molecule has 1 aromatic heterocycles. The molecule has 3 aliphatic heterocycles. The van der Waals surface area contributed by atoms with E-state index in [1.165, 1.54) is 0 Å². The number of hydrogen-bond acceptors (Lipinski definition) is 4. The number of nitrogens with one attached hydrogen (secondary N) is 1. The second-order valence-corrected chi connectivity index (χ2v) is 10.4. The lowest BCUT2D eigenvalue weighted by atomic mass is 9.74. The summed E-state index contributed by atoms with van der Waals surface area (Å²) in [7, 11) is 0. The van der Waals surface area contributed by atoms with Gasteiger partial charge in [-0.2, -0.15) is 0 Å². The maximum absolute atomic E-state index is 13.4. The van der Waals surface area contributed by atoms with Gasteiger partial charge in [0.15, 0.2) is 0 Å². The Morgan fingerprint density at radius 1 is 1.18 bits per heavy atom. The van der Waals surface area contributed by atoms with Gasteiger partial charge in [-0.15, -0.1) is 4.65 Å². The smallest absolute Gasteiger partial charge is 0.341 e. The van der Waals surface area contributed by atoms with Crippen molar-refractivity contribution in [2.24, 2.45) is 5.92 Å². The van der Waals surface area contributed by atoms with Crippen molar-refractivity contribution >= 4 is 16.9 Å². The van der Waals surface area contributed by atoms with Crippen LogP contribution in [0.4, 0.5) is 0 Å². The van der Waals surface area contributed by atoms with Crippen molar-refractivity contribution in [2.75, 3.05) is 13.1 Å². The van der Waals surface area contributed by atoms with Crippen molar-refractivity contribution in [1.29, 1.82) is 0 Å². The number of aromatic nitrogens is 1. The first kappa shape index (κ1) is 21.7. The molecular formula is C28H33N2O4+. The Balaban J connectivity index is 1.41. The number of nitrogens with zero attached hydrogens (tertiary/aromatic N) is 1. The van der Waals surface area contributed by atoms with E-state index in [1.54, 1.807) is 0 Å². The summed E-state index contributed by atoms with van der Waals surface area (Å²) in [4.78, 5) is 16.8. The SMILES string of the molecule is Cc1[nH]c2ccc3c(c2c1C(=O)O[C@@H](C)c1ccccc1)CC1CCC[N+]2(O)CCCCC12O3. The third-order valence-corrected chi connectivity index (χ3v) is 8.45. The number of aryl methyl sites for hydroxylation is 1. The molecule has 6 rings (SSSR count). The predicted molar refractivity (Wildman–Crippen MR) is 129 cm³/mol. The molecule has 0 amide bonds. The zero-order chi connectivity index (χ0) is 23.5. The van der Waals surface area contributed by atoms with Gasteiger partial charge in [-0.1, -0.05) is 30.3 Å². The predicted octanol–water partition coefficient (Wildman–Crippen LogP) is 5.83. The quantitative estimate of drug-likeness (QED) is 0.381. The van der Waals surface area contributed by atoms with E-state index in [9.17, 15) is 10.0 Å². The lowest BCUT2D eigenvalue weighted by molar-refractivity contribution is -1.16. The normalized spacial score (nSPS) is 28.9. The molecule has 3 unspecified atom stereocenters. The van der Waals surface area contributed by atoms with Crippen molar-refractivity contribution in [3.63, 3.8) is 0 Å². The van der Waals surface area contributed by atoms with Gasteiger partial charge in [0.05, 0.1) is 11.5 Å². The number of esters is 1. The summed E-state index contributed by atoms with van der Waals surface area (Å²) in [5, 5.41) is 12.5. The van der Waals surface area contributed by atoms with Gasteiger partial charge >= 0.3 is 5.97 Å². The minimum Gasteiger partial charge on any atom is -0.454 e. The molecule has 1 spiro atoms. The summed E-state index contributed by atoms with van der Waals surface area (Å²) >= 11 is 0. The van der Waals surface area contributed by atoms with Crippen LogP contribution in [0, 0.1) is 12.8 Å². The molecule has 4 atom stereocenters. The van der Waals surface area contributed by atoms with Crippen LogP contribution in [0.5, 0.6) is 5.75 Å². The Morgan fingerprint density at radius 3 is 2.79 bits per heavy atom. The van der Waals surface area contributed by atoms with Crippen LogP contribution in [0.1, 0.15) is 72.3 Å². The van der Waals surface area contributed by atoms with E-state index >= 15 is 0 Å². The van der Waals surface area contributed by atoms with Gasteiger partial charge < -0.3 is 14.5 Å². The largest absolute Gasteiger partial charge is 0.454 e. The van der Waals surface area contributed by atoms with Crippen molar-refractivity contribution in [3.05, 3.63) is 64.8 Å². The molecule has 34 heavy (non-hydrogen) atoms. The number of carbonyl (C=O) groups is 1. The number of aromatic amines is 1. The molecule has 2 N–H and O–H groups in total. The molecule has 2 fully saturated rings. The number of ether oxygens (including phenoxy) is 2. The van der Waals surface area contributed by atoms with Crippen LogP contribution in [0.15, 0.2) is 42.5 Å². The molecule has 3 aromatic rings. The van der Waals surface area contributed by atoms with Gasteiger partial charge in [-0.25, -0.2) is 10.0 Å². The Kier molecular flexibility index (Phi) is 5.01. The molecule has 0 saturated carbocycles. The maximum atomic E-state index is 13.4. The standard InChI is InChI=1S/C28H32N2O4/c1-18-25(27(31)33-19(2)20-9-4-3-5-10-20)26-22-17-21-11-8-16-30(32)15-7-6-14-28(21,30)34-24(22)13-12-23(26)29-18/h3-5,9-10,12-13,19,21,32H,6-8,11,14-17H2,1-2H3/p+1/t19-,21?,28?,30?/m0/s1. The maximum Gasteiger partial charge on any atom is 0.341 e. The average Bonchev–Trinajstić information content (AvgIpc) is 3.18. The topological polar surface area (TPSA) is 71.6 Å². The van der Waals surface area contributed by atoms with Gasteiger partial charge in [0.1, 0.15) is 24.9 Å². The summed E-state index contributed by atoms with van der Waals surface area (Å²) < 4.78 is 12.7. The number of hydroxylamine groups is 3. The number of H-pyrrole nitrogens is 1. The summed E-state index contributed by atoms with van der Waals surface area (Å²) in [6, 6.07) is 13.8. The first-order valence-corrected chi connectivity index (χ1v) is 12.6. The van der Waals surface area contributed by atoms with E-state index in [1.807, 2.05) is 56.3 Å². The molecule has 3 aliphatic rings. The number of fused-ring (bicyclic) bond motifs is 3. The van der Waals surface area contributed by atoms with E-state index in [2.05, 4.69) is 4.98 Å². The molecule has 2 aromatic carbocycles. The fourth-order valence-electron chi connectivity index (χ4n) is 6.77. The fourth-order valence-corrected chi connectivity index (χ4v) is 6.77. The fraction of sp³-hybridized carbons (Fsp3) is 0.464. The van der Waals surface area contributed by atoms with Crippen LogP contribution >= 0.6 is 0 Å². The van der Waals surface area contributed by atoms with Gasteiger partial charge in [-0.05, 0) is 57.2 Å². The molecule has 2 saturated heterocycles. The van der Waals surface area contributed by atoms with Crippen molar-refractivity contribution < 1.29 is 24.1 Å². The third-order valence-electron chi connectivity index (χ3n) is 8.45. The van der Waals surface area contributed by atoms with Crippen molar-refractivity contribution in [3.8, 4) is 5.75 Å². The monoisotopic (exact) mass is 461 g/mol. The van der Waals surface area contributed by atoms with Crippen molar-refractivity contribution in [2.45, 2.75) is 64.2 Å². The van der Waals surface area contributed by atoms with Gasteiger partial charge in [0, 0.05) is 35.0 Å². The molecular weight excluding hydrogens is 428 g/mol. The first-order chi connectivity index (χ1) is 16.4. The Labute approximate surface area is 200 Å². The van der Waals surface area contributed by atoms with Crippen LogP contribution in [0.3, 0.4) is 0 Å². The lowest BCUT2D eigenvalue weighted by Crippen LogP contribution is -2.74. The lowest BCUT2D eigenvalue weighted by Gasteiger charge is -2.57. The van der Waals surface area contributed by atoms with E-state index in [0.29, 0.717) is 5.56 Å². The highest BCUT2D eigenvalue weighted by molar-refractivity contribution is 6.07. The minimum atomic E-state index is -0.564. The number of quaternary nitrogens is 1. The third kappa shape index (κ3) is 3.12. The molecule has 0 radical (unpaired) electrons. The average molecular weight is 462 g/mol. The number of carbonyl (C=O) groups excluding carboxylic acids is 1. The van der Waals surface area contributed by atoms with Gasteiger partial charge in [0.25, 0.3) is 5.72 Å². The summed E-state index contributed by atoms with van der Waals surface area (Å²) in [5.74, 6) is 0.711. The molecule has 0 aliphatic carbocycles. The highest BCUT2D eigenvalue weighted by atomic mass is 16.6. The van der Waals surface area contributed by atoms with E-state index in [4.69, 9.17) is 9.47 Å². The Morgan fingerprint density at radius 2 is 1.97 bits per heavy atom. The van der Waals surface area contributed by atoms with Crippen LogP contribution in [0.2, 0.25) is 0 Å². The second kappa shape index (κ2) is 7.85. The number of piperidine rings is 2. The van der Waals surface area contributed by atoms with Crippen LogP contribution in [-0.4, -0.2) is 39.6 Å². The highest BCUT2D eigenvalue weighted by Crippen LogP contribution is 2.52. The molecule has 0 bridgehead atoms. The van der Waals surface area contributed by atoms with E-state index in [-0.39, 0.29) is 22.6 Å². The minimum absolute atomic E-state index is 0.0325. The van der Waals surface area contributed by atoms with Crippen LogP contribution in [-0.2, 0) is 11.2 Å². The number of rotatable bonds is 3. The first-order valence-electron chi connectivity index (χ1n) is 12.6. The van der Waals surface area contributed by atoms with Crippen LogP contribution in [0.25, 0.3) is 10.9 Å². The summed E-state index contributed by atoms with van der Waals surface area (Å²) in [5.41, 5.74) is 3.80. The van der Waals surface area contributed by atoms with Crippen molar-refractivity contribution in [1.82, 2.24) is 4.98 Å². The Bertz CT molecular complexity index is 1250. The van der Waals surface area contributed by atoms with E-state index < -0.39 is 5.72 Å². The number of benzene rings is 2. The van der Waals surface area contributed by atoms with Gasteiger partial charge in [-0.3, -0.25) is 0 Å². The van der Waals surface area contributed by atoms with Crippen LogP contribution < -0.4 is 4.74 Å². The molecule has 6 heteroatoms. The van der Waals surface area contributed by atoms with Gasteiger partial charge in [0.2, 0.25) is 0 Å².